The number of halogens is 1. The van der Waals surface area contributed by atoms with Crippen molar-refractivity contribution in [1.82, 2.24) is 9.88 Å². The van der Waals surface area contributed by atoms with Crippen LogP contribution < -0.4 is 14.8 Å². The Morgan fingerprint density at radius 2 is 2.00 bits per heavy atom. The number of aromatic nitrogens is 1. The van der Waals surface area contributed by atoms with Gasteiger partial charge in [-0.2, -0.15) is 0 Å². The van der Waals surface area contributed by atoms with E-state index in [4.69, 9.17) is 21.1 Å². The second-order valence-corrected chi connectivity index (χ2v) is 7.77. The van der Waals surface area contributed by atoms with Gasteiger partial charge < -0.3 is 19.7 Å². The zero-order chi connectivity index (χ0) is 18.6. The van der Waals surface area contributed by atoms with E-state index in [-0.39, 0.29) is 0 Å². The summed E-state index contributed by atoms with van der Waals surface area (Å²) < 4.78 is 11.7. The van der Waals surface area contributed by atoms with Crippen molar-refractivity contribution in [3.63, 3.8) is 0 Å². The molecule has 2 aliphatic heterocycles. The van der Waals surface area contributed by atoms with Crippen molar-refractivity contribution in [3.05, 3.63) is 22.8 Å². The molecule has 6 heteroatoms. The highest BCUT2D eigenvalue weighted by atomic mass is 35.5. The molecule has 1 aromatic heterocycles. The number of hydrogen-bond donors (Lipinski definition) is 1. The number of benzene rings is 1. The molecule has 1 fully saturated rings. The molecule has 1 aromatic carbocycles. The third kappa shape index (κ3) is 4.09. The highest BCUT2D eigenvalue weighted by Gasteiger charge is 2.19. The maximum absolute atomic E-state index is 6.49. The summed E-state index contributed by atoms with van der Waals surface area (Å²) in [7, 11) is 1.69. The predicted octanol–water partition coefficient (Wildman–Crippen LogP) is 4.51. The van der Waals surface area contributed by atoms with Crippen LogP contribution in [-0.2, 0) is 6.42 Å². The van der Waals surface area contributed by atoms with Crippen molar-refractivity contribution in [3.8, 4) is 11.5 Å². The summed E-state index contributed by atoms with van der Waals surface area (Å²) in [5.41, 5.74) is 3.06. The van der Waals surface area contributed by atoms with Crippen molar-refractivity contribution in [2.75, 3.05) is 45.2 Å². The minimum absolute atomic E-state index is 0.594. The summed E-state index contributed by atoms with van der Waals surface area (Å²) >= 11 is 6.49. The van der Waals surface area contributed by atoms with Crippen LogP contribution in [0.1, 0.15) is 37.7 Å². The number of nitrogens with one attached hydrogen (secondary N) is 1. The van der Waals surface area contributed by atoms with Crippen LogP contribution in [0.4, 0.5) is 5.69 Å². The number of pyridine rings is 1. The quantitative estimate of drug-likeness (QED) is 0.581. The van der Waals surface area contributed by atoms with Crippen molar-refractivity contribution >= 4 is 28.2 Å². The highest BCUT2D eigenvalue weighted by molar-refractivity contribution is 6.31. The Labute approximate surface area is 166 Å². The molecule has 146 valence electrons. The van der Waals surface area contributed by atoms with E-state index in [2.05, 4.69) is 15.2 Å². The number of fused-ring (bicyclic) bond motifs is 3. The van der Waals surface area contributed by atoms with Crippen LogP contribution in [-0.4, -0.2) is 49.8 Å². The van der Waals surface area contributed by atoms with Crippen molar-refractivity contribution < 1.29 is 9.47 Å². The van der Waals surface area contributed by atoms with Gasteiger partial charge in [-0.3, -0.25) is 0 Å². The number of rotatable bonds is 6. The van der Waals surface area contributed by atoms with Gasteiger partial charge in [0.2, 0.25) is 0 Å². The van der Waals surface area contributed by atoms with Gasteiger partial charge in [-0.15, -0.1) is 0 Å². The van der Waals surface area contributed by atoms with E-state index < -0.39 is 0 Å². The van der Waals surface area contributed by atoms with Gasteiger partial charge in [0, 0.05) is 30.1 Å². The minimum Gasteiger partial charge on any atom is -0.493 e. The Hall–Kier alpha value is -1.72. The van der Waals surface area contributed by atoms with Gasteiger partial charge in [-0.25, -0.2) is 4.98 Å². The van der Waals surface area contributed by atoms with Gasteiger partial charge in [0.15, 0.2) is 11.5 Å². The lowest BCUT2D eigenvalue weighted by Gasteiger charge is -2.17. The molecule has 2 aromatic rings. The molecule has 0 atom stereocenters. The monoisotopic (exact) mass is 389 g/mol. The maximum atomic E-state index is 6.49. The van der Waals surface area contributed by atoms with Gasteiger partial charge in [-0.05, 0) is 57.7 Å². The summed E-state index contributed by atoms with van der Waals surface area (Å²) in [4.78, 5) is 7.14. The van der Waals surface area contributed by atoms with Gasteiger partial charge in [0.25, 0.3) is 0 Å². The van der Waals surface area contributed by atoms with Crippen molar-refractivity contribution in [2.24, 2.45) is 0 Å². The van der Waals surface area contributed by atoms with Crippen LogP contribution >= 0.6 is 11.6 Å². The molecule has 0 spiro atoms. The molecule has 27 heavy (non-hydrogen) atoms. The minimum atomic E-state index is 0.594. The summed E-state index contributed by atoms with van der Waals surface area (Å²) in [6, 6.07) is 3.99. The van der Waals surface area contributed by atoms with E-state index >= 15 is 0 Å². The SMILES string of the molecule is COc1cc2c3c(c(Cl)nc2cc1OCCCN1CCCC1)CCCCN3. The first-order valence-corrected chi connectivity index (χ1v) is 10.4. The second-order valence-electron chi connectivity index (χ2n) is 7.41. The van der Waals surface area contributed by atoms with E-state index in [9.17, 15) is 0 Å². The van der Waals surface area contributed by atoms with Gasteiger partial charge >= 0.3 is 0 Å². The number of nitrogens with zero attached hydrogens (tertiary/aromatic N) is 2. The van der Waals surface area contributed by atoms with E-state index in [1.807, 2.05) is 12.1 Å². The van der Waals surface area contributed by atoms with Gasteiger partial charge in [0.05, 0.1) is 24.9 Å². The zero-order valence-electron chi connectivity index (χ0n) is 16.0. The van der Waals surface area contributed by atoms with Crippen LogP contribution in [0.15, 0.2) is 12.1 Å². The molecule has 0 radical (unpaired) electrons. The Morgan fingerprint density at radius 3 is 2.81 bits per heavy atom. The normalized spacial score (nSPS) is 17.4. The molecule has 4 rings (SSSR count). The first-order chi connectivity index (χ1) is 13.3. The fourth-order valence-corrected chi connectivity index (χ4v) is 4.38. The van der Waals surface area contributed by atoms with E-state index in [1.165, 1.54) is 25.9 Å². The average molecular weight is 390 g/mol. The molecule has 0 saturated carbocycles. The standard InChI is InChI=1S/C21H28ClN3O2/c1-26-18-13-16-17(24-21(22)15-7-2-3-8-23-20(15)16)14-19(18)27-12-6-11-25-9-4-5-10-25/h13-14,23H,2-12H2,1H3. The molecule has 2 aliphatic rings. The van der Waals surface area contributed by atoms with Crippen LogP contribution in [0.25, 0.3) is 10.9 Å². The van der Waals surface area contributed by atoms with E-state index in [1.54, 1.807) is 7.11 Å². The smallest absolute Gasteiger partial charge is 0.163 e. The molecule has 1 saturated heterocycles. The molecule has 0 amide bonds. The van der Waals surface area contributed by atoms with E-state index in [0.717, 1.165) is 72.4 Å². The number of hydrogen-bond acceptors (Lipinski definition) is 5. The number of methoxy groups -OCH3 is 1. The number of anilines is 1. The van der Waals surface area contributed by atoms with E-state index in [0.29, 0.717) is 11.8 Å². The largest absolute Gasteiger partial charge is 0.493 e. The zero-order valence-corrected chi connectivity index (χ0v) is 16.8. The molecule has 1 N–H and O–H groups in total. The topological polar surface area (TPSA) is 46.6 Å². The molecule has 0 aliphatic carbocycles. The van der Waals surface area contributed by atoms with Crippen LogP contribution in [0.3, 0.4) is 0 Å². The fourth-order valence-electron chi connectivity index (χ4n) is 4.10. The summed E-state index contributed by atoms with van der Waals surface area (Å²) in [6.07, 6.45) is 6.89. The van der Waals surface area contributed by atoms with Crippen LogP contribution in [0.5, 0.6) is 11.5 Å². The van der Waals surface area contributed by atoms with Crippen LogP contribution in [0, 0.1) is 0 Å². The summed E-state index contributed by atoms with van der Waals surface area (Å²) in [5, 5.41) is 5.18. The lowest BCUT2D eigenvalue weighted by atomic mass is 10.1. The molecule has 3 heterocycles. The maximum Gasteiger partial charge on any atom is 0.163 e. The van der Waals surface area contributed by atoms with Crippen molar-refractivity contribution in [1.29, 1.82) is 0 Å². The Balaban J connectivity index is 1.56. The molecule has 0 bridgehead atoms. The van der Waals surface area contributed by atoms with Gasteiger partial charge in [0.1, 0.15) is 5.15 Å². The summed E-state index contributed by atoms with van der Waals surface area (Å²) in [6.45, 7) is 5.17. The molecule has 0 unspecified atom stereocenters. The average Bonchev–Trinajstić information content (AvgIpc) is 3.07. The lowest BCUT2D eigenvalue weighted by Crippen LogP contribution is -2.21. The molecule has 5 nitrogen and oxygen atoms in total. The Morgan fingerprint density at radius 1 is 1.15 bits per heavy atom. The van der Waals surface area contributed by atoms with Crippen molar-refractivity contribution in [2.45, 2.75) is 38.5 Å². The first kappa shape index (κ1) is 18.6. The fraction of sp³-hybridized carbons (Fsp3) is 0.571. The third-order valence-electron chi connectivity index (χ3n) is 5.55. The first-order valence-electron chi connectivity index (χ1n) is 10.1. The number of likely N-dealkylation sites (tertiary alicyclic amines) is 1. The Kier molecular flexibility index (Phi) is 5.89. The van der Waals surface area contributed by atoms with Crippen LogP contribution in [0.2, 0.25) is 5.15 Å². The summed E-state index contributed by atoms with van der Waals surface area (Å²) in [5.74, 6) is 1.49. The Bertz CT molecular complexity index is 806. The predicted molar refractivity (Wildman–Crippen MR) is 111 cm³/mol. The third-order valence-corrected chi connectivity index (χ3v) is 5.86. The second kappa shape index (κ2) is 8.53. The van der Waals surface area contributed by atoms with Gasteiger partial charge in [-0.1, -0.05) is 11.6 Å². The highest BCUT2D eigenvalue weighted by Crippen LogP contribution is 2.39. The lowest BCUT2D eigenvalue weighted by molar-refractivity contribution is 0.254. The molecular formula is C21H28ClN3O2. The molecular weight excluding hydrogens is 362 g/mol. The number of ether oxygens (including phenoxy) is 2.